The van der Waals surface area contributed by atoms with Crippen LogP contribution in [0.25, 0.3) is 0 Å². The van der Waals surface area contributed by atoms with Crippen molar-refractivity contribution in [3.05, 3.63) is 0 Å². The van der Waals surface area contributed by atoms with Gasteiger partial charge in [-0.2, -0.15) is 0 Å². The summed E-state index contributed by atoms with van der Waals surface area (Å²) in [7, 11) is 0. The summed E-state index contributed by atoms with van der Waals surface area (Å²) in [4.78, 5) is 0. The van der Waals surface area contributed by atoms with Gasteiger partial charge in [0.1, 0.15) is 0 Å². The first-order valence-electron chi connectivity index (χ1n) is 7.57. The highest BCUT2D eigenvalue weighted by molar-refractivity contribution is 4.87. The fraction of sp³-hybridized carbons (Fsp3) is 1.00. The largest absolute Gasteiger partial charge is 0.375 e. The Kier molecular flexibility index (Phi) is 4.87. The van der Waals surface area contributed by atoms with E-state index in [1.54, 1.807) is 0 Å². The van der Waals surface area contributed by atoms with Crippen LogP contribution >= 0.6 is 0 Å². The van der Waals surface area contributed by atoms with Crippen molar-refractivity contribution in [2.75, 3.05) is 6.54 Å². The number of ether oxygens (including phenoxy) is 1. The van der Waals surface area contributed by atoms with Crippen LogP contribution in [0.2, 0.25) is 0 Å². The van der Waals surface area contributed by atoms with Gasteiger partial charge in [-0.05, 0) is 56.9 Å². The highest BCUT2D eigenvalue weighted by Gasteiger charge is 2.33. The van der Waals surface area contributed by atoms with Crippen LogP contribution in [0.15, 0.2) is 0 Å². The molecule has 2 aliphatic carbocycles. The molecule has 2 saturated carbocycles. The zero-order valence-corrected chi connectivity index (χ0v) is 11.7. The Labute approximate surface area is 107 Å². The van der Waals surface area contributed by atoms with E-state index < -0.39 is 0 Å². The summed E-state index contributed by atoms with van der Waals surface area (Å²) in [5, 5.41) is 3.57. The molecule has 2 heteroatoms. The zero-order chi connectivity index (χ0) is 12.3. The molecule has 100 valence electrons. The number of nitrogens with one attached hydrogen (secondary N) is 1. The van der Waals surface area contributed by atoms with E-state index in [1.165, 1.54) is 38.5 Å². The molecule has 17 heavy (non-hydrogen) atoms. The van der Waals surface area contributed by atoms with Crippen LogP contribution in [0.1, 0.15) is 59.3 Å². The third kappa shape index (κ3) is 3.69. The zero-order valence-electron chi connectivity index (χ0n) is 11.7. The summed E-state index contributed by atoms with van der Waals surface area (Å²) >= 11 is 0. The molecule has 0 bridgehead atoms. The fourth-order valence-electron chi connectivity index (χ4n) is 3.09. The van der Waals surface area contributed by atoms with Gasteiger partial charge in [-0.3, -0.25) is 0 Å². The number of rotatable bonds is 5. The summed E-state index contributed by atoms with van der Waals surface area (Å²) in [6.07, 6.45) is 8.74. The molecule has 3 atom stereocenters. The smallest absolute Gasteiger partial charge is 0.0608 e. The third-order valence-corrected chi connectivity index (χ3v) is 4.71. The van der Waals surface area contributed by atoms with Gasteiger partial charge in [-0.1, -0.05) is 20.8 Å². The molecule has 0 aromatic rings. The summed E-state index contributed by atoms with van der Waals surface area (Å²) in [5.41, 5.74) is 0. The topological polar surface area (TPSA) is 21.3 Å². The Balaban J connectivity index is 1.60. The van der Waals surface area contributed by atoms with Crippen molar-refractivity contribution in [3.8, 4) is 0 Å². The first kappa shape index (κ1) is 13.4. The van der Waals surface area contributed by atoms with Gasteiger partial charge in [0.2, 0.25) is 0 Å². The maximum absolute atomic E-state index is 6.22. The van der Waals surface area contributed by atoms with E-state index in [0.29, 0.717) is 12.2 Å². The predicted octanol–water partition coefficient (Wildman–Crippen LogP) is 3.36. The Morgan fingerprint density at radius 3 is 2.41 bits per heavy atom. The van der Waals surface area contributed by atoms with Crippen LogP contribution in [-0.4, -0.2) is 24.8 Å². The van der Waals surface area contributed by atoms with E-state index in [0.717, 1.165) is 24.4 Å². The highest BCUT2D eigenvalue weighted by Crippen LogP contribution is 2.34. The second-order valence-corrected chi connectivity index (χ2v) is 6.27. The first-order chi connectivity index (χ1) is 8.19. The van der Waals surface area contributed by atoms with Gasteiger partial charge in [0.25, 0.3) is 0 Å². The van der Waals surface area contributed by atoms with E-state index in [-0.39, 0.29) is 0 Å². The van der Waals surface area contributed by atoms with Crippen molar-refractivity contribution >= 4 is 0 Å². The second kappa shape index (κ2) is 6.19. The van der Waals surface area contributed by atoms with E-state index in [9.17, 15) is 0 Å². The van der Waals surface area contributed by atoms with Crippen LogP contribution in [0.3, 0.4) is 0 Å². The lowest BCUT2D eigenvalue weighted by Crippen LogP contribution is -2.47. The average molecular weight is 239 g/mol. The van der Waals surface area contributed by atoms with Crippen molar-refractivity contribution < 1.29 is 4.74 Å². The van der Waals surface area contributed by atoms with E-state index >= 15 is 0 Å². The van der Waals surface area contributed by atoms with Crippen molar-refractivity contribution in [2.24, 2.45) is 11.8 Å². The van der Waals surface area contributed by atoms with Gasteiger partial charge in [-0.25, -0.2) is 0 Å². The van der Waals surface area contributed by atoms with Gasteiger partial charge < -0.3 is 10.1 Å². The average Bonchev–Trinajstić information content (AvgIpc) is 2.26. The van der Waals surface area contributed by atoms with Gasteiger partial charge in [0.15, 0.2) is 0 Å². The molecule has 0 heterocycles. The standard InChI is InChI=1S/C15H29NO/c1-4-7-16-13-9-15(10-13)17-14-6-5-11(2)12(3)8-14/h11-16H,4-10H2,1-3H3. The van der Waals surface area contributed by atoms with Crippen LogP contribution in [0.4, 0.5) is 0 Å². The van der Waals surface area contributed by atoms with Crippen LogP contribution in [0, 0.1) is 11.8 Å². The minimum Gasteiger partial charge on any atom is -0.375 e. The van der Waals surface area contributed by atoms with Gasteiger partial charge in [0.05, 0.1) is 12.2 Å². The Morgan fingerprint density at radius 1 is 1.00 bits per heavy atom. The monoisotopic (exact) mass is 239 g/mol. The molecule has 0 aromatic heterocycles. The Bertz CT molecular complexity index is 225. The molecule has 0 saturated heterocycles. The normalized spacial score (nSPS) is 42.2. The molecular weight excluding hydrogens is 210 g/mol. The molecule has 0 aliphatic heterocycles. The molecular formula is C15H29NO. The lowest BCUT2D eigenvalue weighted by Gasteiger charge is -2.40. The molecule has 3 unspecified atom stereocenters. The molecule has 2 nitrogen and oxygen atoms in total. The van der Waals surface area contributed by atoms with Gasteiger partial charge in [0, 0.05) is 6.04 Å². The Morgan fingerprint density at radius 2 is 1.76 bits per heavy atom. The second-order valence-electron chi connectivity index (χ2n) is 6.27. The molecule has 0 radical (unpaired) electrons. The molecule has 2 fully saturated rings. The van der Waals surface area contributed by atoms with E-state index in [4.69, 9.17) is 4.74 Å². The number of hydrogen-bond acceptors (Lipinski definition) is 2. The number of hydrogen-bond donors (Lipinski definition) is 1. The quantitative estimate of drug-likeness (QED) is 0.794. The summed E-state index contributed by atoms with van der Waals surface area (Å²) in [6, 6.07) is 0.736. The minimum absolute atomic E-state index is 0.551. The molecule has 0 spiro atoms. The highest BCUT2D eigenvalue weighted by atomic mass is 16.5. The van der Waals surface area contributed by atoms with Gasteiger partial charge >= 0.3 is 0 Å². The molecule has 2 rings (SSSR count). The van der Waals surface area contributed by atoms with Gasteiger partial charge in [-0.15, -0.1) is 0 Å². The predicted molar refractivity (Wildman–Crippen MR) is 72.2 cm³/mol. The SMILES string of the molecule is CCCNC1CC(OC2CCC(C)C(C)C2)C1. The lowest BCUT2D eigenvalue weighted by molar-refractivity contribution is -0.0880. The lowest BCUT2D eigenvalue weighted by atomic mass is 9.80. The van der Waals surface area contributed by atoms with Crippen molar-refractivity contribution in [1.82, 2.24) is 5.32 Å². The third-order valence-electron chi connectivity index (χ3n) is 4.71. The van der Waals surface area contributed by atoms with E-state index in [1.807, 2.05) is 0 Å². The van der Waals surface area contributed by atoms with Crippen molar-refractivity contribution in [3.63, 3.8) is 0 Å². The van der Waals surface area contributed by atoms with Crippen molar-refractivity contribution in [1.29, 1.82) is 0 Å². The molecule has 1 N–H and O–H groups in total. The summed E-state index contributed by atoms with van der Waals surface area (Å²) in [6.45, 7) is 8.15. The minimum atomic E-state index is 0.551. The molecule has 2 aliphatic rings. The van der Waals surface area contributed by atoms with E-state index in [2.05, 4.69) is 26.1 Å². The first-order valence-corrected chi connectivity index (χ1v) is 7.57. The summed E-state index contributed by atoms with van der Waals surface area (Å²) in [5.74, 6) is 1.75. The maximum atomic E-state index is 6.22. The van der Waals surface area contributed by atoms with Crippen LogP contribution in [-0.2, 0) is 4.74 Å². The van der Waals surface area contributed by atoms with Crippen LogP contribution in [0.5, 0.6) is 0 Å². The van der Waals surface area contributed by atoms with Crippen molar-refractivity contribution in [2.45, 2.75) is 77.5 Å². The molecule has 0 amide bonds. The Hall–Kier alpha value is -0.0800. The molecule has 0 aromatic carbocycles. The maximum Gasteiger partial charge on any atom is 0.0608 e. The van der Waals surface area contributed by atoms with Crippen LogP contribution < -0.4 is 5.32 Å². The fourth-order valence-corrected chi connectivity index (χ4v) is 3.09. The summed E-state index contributed by atoms with van der Waals surface area (Å²) < 4.78 is 6.22.